The molecule has 0 fully saturated rings. The predicted octanol–water partition coefficient (Wildman–Crippen LogP) is 2.96. The summed E-state index contributed by atoms with van der Waals surface area (Å²) >= 11 is 0. The SMILES string of the molecule is Cc1cc(C)cc(N(C)CC(=O)Nc2ccccc2N)c1. The topological polar surface area (TPSA) is 58.4 Å². The van der Waals surface area contributed by atoms with E-state index in [-0.39, 0.29) is 12.5 Å². The lowest BCUT2D eigenvalue weighted by molar-refractivity contribution is -0.114. The molecule has 0 aliphatic carbocycles. The fourth-order valence-electron chi connectivity index (χ4n) is 2.28. The van der Waals surface area contributed by atoms with Crippen molar-refractivity contribution in [2.45, 2.75) is 13.8 Å². The van der Waals surface area contributed by atoms with Gasteiger partial charge in [-0.1, -0.05) is 18.2 Å². The van der Waals surface area contributed by atoms with E-state index < -0.39 is 0 Å². The number of likely N-dealkylation sites (N-methyl/N-ethyl adjacent to an activating group) is 1. The standard InChI is InChI=1S/C17H21N3O/c1-12-8-13(2)10-14(9-12)20(3)11-17(21)19-16-7-5-4-6-15(16)18/h4-10H,11,18H2,1-3H3,(H,19,21). The Hall–Kier alpha value is -2.49. The Morgan fingerprint density at radius 1 is 1.14 bits per heavy atom. The molecule has 0 spiro atoms. The summed E-state index contributed by atoms with van der Waals surface area (Å²) in [5.74, 6) is -0.0884. The number of nitrogen functional groups attached to an aromatic ring is 1. The molecule has 0 aliphatic rings. The van der Waals surface area contributed by atoms with Gasteiger partial charge in [0.05, 0.1) is 17.9 Å². The molecule has 2 rings (SSSR count). The highest BCUT2D eigenvalue weighted by molar-refractivity contribution is 5.96. The highest BCUT2D eigenvalue weighted by Crippen LogP contribution is 2.19. The van der Waals surface area contributed by atoms with Crippen molar-refractivity contribution < 1.29 is 4.79 Å². The Bertz CT molecular complexity index is 632. The van der Waals surface area contributed by atoms with Gasteiger partial charge >= 0.3 is 0 Å². The Kier molecular flexibility index (Phi) is 4.48. The molecule has 2 aromatic carbocycles. The number of benzene rings is 2. The first-order chi connectivity index (χ1) is 9.95. The summed E-state index contributed by atoms with van der Waals surface area (Å²) in [5, 5.41) is 2.83. The number of amides is 1. The number of nitrogens with two attached hydrogens (primary N) is 1. The molecular formula is C17H21N3O. The molecule has 4 nitrogen and oxygen atoms in total. The van der Waals surface area contributed by atoms with Crippen LogP contribution in [0.4, 0.5) is 17.1 Å². The maximum absolute atomic E-state index is 12.1. The van der Waals surface area contributed by atoms with Gasteiger partial charge in [-0.15, -0.1) is 0 Å². The molecule has 0 aromatic heterocycles. The van der Waals surface area contributed by atoms with E-state index in [0.29, 0.717) is 11.4 Å². The van der Waals surface area contributed by atoms with E-state index in [9.17, 15) is 4.79 Å². The number of nitrogens with zero attached hydrogens (tertiary/aromatic N) is 1. The van der Waals surface area contributed by atoms with Crippen LogP contribution >= 0.6 is 0 Å². The van der Waals surface area contributed by atoms with Crippen LogP contribution in [0.1, 0.15) is 11.1 Å². The summed E-state index contributed by atoms with van der Waals surface area (Å²) in [4.78, 5) is 14.0. The minimum atomic E-state index is -0.0884. The molecule has 0 heterocycles. The zero-order valence-corrected chi connectivity index (χ0v) is 12.7. The van der Waals surface area contributed by atoms with Crippen LogP contribution in [-0.4, -0.2) is 19.5 Å². The largest absolute Gasteiger partial charge is 0.397 e. The van der Waals surface area contributed by atoms with Crippen molar-refractivity contribution in [1.29, 1.82) is 0 Å². The van der Waals surface area contributed by atoms with Gasteiger partial charge in [0, 0.05) is 12.7 Å². The summed E-state index contributed by atoms with van der Waals surface area (Å²) in [6.45, 7) is 4.38. The summed E-state index contributed by atoms with van der Waals surface area (Å²) < 4.78 is 0. The quantitative estimate of drug-likeness (QED) is 0.848. The second kappa shape index (κ2) is 6.31. The Morgan fingerprint density at radius 2 is 1.76 bits per heavy atom. The number of anilines is 3. The third-order valence-electron chi connectivity index (χ3n) is 3.26. The molecule has 4 heteroatoms. The first kappa shape index (κ1) is 14.9. The number of rotatable bonds is 4. The molecule has 1 amide bonds. The van der Waals surface area contributed by atoms with Gasteiger partial charge in [0.15, 0.2) is 0 Å². The fourth-order valence-corrected chi connectivity index (χ4v) is 2.28. The molecule has 0 saturated carbocycles. The third kappa shape index (κ3) is 3.99. The van der Waals surface area contributed by atoms with Crippen molar-refractivity contribution in [2.75, 3.05) is 29.5 Å². The van der Waals surface area contributed by atoms with Crippen LogP contribution in [0, 0.1) is 13.8 Å². The number of aryl methyl sites for hydroxylation is 2. The van der Waals surface area contributed by atoms with Gasteiger partial charge in [0.25, 0.3) is 0 Å². The van der Waals surface area contributed by atoms with Crippen molar-refractivity contribution in [3.05, 3.63) is 53.6 Å². The van der Waals surface area contributed by atoms with Gasteiger partial charge in [0.2, 0.25) is 5.91 Å². The molecule has 3 N–H and O–H groups in total. The molecule has 0 aliphatic heterocycles. The van der Waals surface area contributed by atoms with Crippen molar-refractivity contribution in [1.82, 2.24) is 0 Å². The molecular weight excluding hydrogens is 262 g/mol. The van der Waals surface area contributed by atoms with Gasteiger partial charge in [0.1, 0.15) is 0 Å². The third-order valence-corrected chi connectivity index (χ3v) is 3.26. The van der Waals surface area contributed by atoms with Crippen LogP contribution in [0.25, 0.3) is 0 Å². The average Bonchev–Trinajstić information content (AvgIpc) is 2.40. The van der Waals surface area contributed by atoms with Gasteiger partial charge in [-0.25, -0.2) is 0 Å². The number of hydrogen-bond acceptors (Lipinski definition) is 3. The van der Waals surface area contributed by atoms with E-state index in [4.69, 9.17) is 5.73 Å². The maximum Gasteiger partial charge on any atom is 0.243 e. The van der Waals surface area contributed by atoms with Crippen molar-refractivity contribution >= 4 is 23.0 Å². The number of para-hydroxylation sites is 2. The number of carbonyl (C=O) groups excluding carboxylic acids is 1. The van der Waals surface area contributed by atoms with Crippen LogP contribution in [0.2, 0.25) is 0 Å². The first-order valence-corrected chi connectivity index (χ1v) is 6.89. The summed E-state index contributed by atoms with van der Waals surface area (Å²) in [6.07, 6.45) is 0. The van der Waals surface area contributed by atoms with Crippen LogP contribution in [0.3, 0.4) is 0 Å². The van der Waals surface area contributed by atoms with Crippen LogP contribution in [0.5, 0.6) is 0 Å². The smallest absolute Gasteiger partial charge is 0.243 e. The number of hydrogen-bond donors (Lipinski definition) is 2. The second-order valence-electron chi connectivity index (χ2n) is 5.34. The highest BCUT2D eigenvalue weighted by Gasteiger charge is 2.09. The highest BCUT2D eigenvalue weighted by atomic mass is 16.2. The molecule has 2 aromatic rings. The zero-order chi connectivity index (χ0) is 15.4. The lowest BCUT2D eigenvalue weighted by Crippen LogP contribution is -2.30. The lowest BCUT2D eigenvalue weighted by Gasteiger charge is -2.20. The maximum atomic E-state index is 12.1. The monoisotopic (exact) mass is 283 g/mol. The van der Waals surface area contributed by atoms with E-state index in [1.807, 2.05) is 24.1 Å². The Balaban J connectivity index is 2.04. The predicted molar refractivity (Wildman–Crippen MR) is 88.7 cm³/mol. The Morgan fingerprint density at radius 3 is 2.38 bits per heavy atom. The second-order valence-corrected chi connectivity index (χ2v) is 5.34. The molecule has 0 saturated heterocycles. The van der Waals surface area contributed by atoms with Gasteiger partial charge < -0.3 is 16.0 Å². The van der Waals surface area contributed by atoms with Crippen molar-refractivity contribution in [3.8, 4) is 0 Å². The van der Waals surface area contributed by atoms with Crippen molar-refractivity contribution in [2.24, 2.45) is 0 Å². The molecule has 0 unspecified atom stereocenters. The average molecular weight is 283 g/mol. The first-order valence-electron chi connectivity index (χ1n) is 6.89. The molecule has 110 valence electrons. The zero-order valence-electron chi connectivity index (χ0n) is 12.7. The summed E-state index contributed by atoms with van der Waals surface area (Å²) in [5.41, 5.74) is 10.4. The Labute approximate surface area is 125 Å². The summed E-state index contributed by atoms with van der Waals surface area (Å²) in [7, 11) is 1.90. The van der Waals surface area contributed by atoms with E-state index in [1.165, 1.54) is 11.1 Å². The van der Waals surface area contributed by atoms with Crippen LogP contribution < -0.4 is 16.0 Å². The van der Waals surface area contributed by atoms with Crippen LogP contribution in [0.15, 0.2) is 42.5 Å². The van der Waals surface area contributed by atoms with Crippen LogP contribution in [-0.2, 0) is 4.79 Å². The van der Waals surface area contributed by atoms with E-state index in [1.54, 1.807) is 12.1 Å². The van der Waals surface area contributed by atoms with Crippen molar-refractivity contribution in [3.63, 3.8) is 0 Å². The minimum absolute atomic E-state index is 0.0884. The van der Waals surface area contributed by atoms with Gasteiger partial charge in [-0.05, 0) is 49.2 Å². The van der Waals surface area contributed by atoms with Gasteiger partial charge in [-0.3, -0.25) is 4.79 Å². The lowest BCUT2D eigenvalue weighted by atomic mass is 10.1. The summed E-state index contributed by atoms with van der Waals surface area (Å²) in [6, 6.07) is 13.5. The molecule has 0 atom stereocenters. The number of nitrogens with one attached hydrogen (secondary N) is 1. The fraction of sp³-hybridized carbons (Fsp3) is 0.235. The van der Waals surface area contributed by atoms with Gasteiger partial charge in [-0.2, -0.15) is 0 Å². The number of carbonyl (C=O) groups is 1. The molecule has 0 radical (unpaired) electrons. The van der Waals surface area contributed by atoms with E-state index >= 15 is 0 Å². The molecule has 0 bridgehead atoms. The minimum Gasteiger partial charge on any atom is -0.397 e. The molecule has 21 heavy (non-hydrogen) atoms. The normalized spacial score (nSPS) is 10.2. The van der Waals surface area contributed by atoms with E-state index in [2.05, 4.69) is 37.4 Å². The van der Waals surface area contributed by atoms with E-state index in [0.717, 1.165) is 5.69 Å².